The van der Waals surface area contributed by atoms with Crippen molar-refractivity contribution in [3.05, 3.63) is 23.9 Å². The van der Waals surface area contributed by atoms with Gasteiger partial charge in [-0.25, -0.2) is 4.98 Å². The first-order valence-corrected chi connectivity index (χ1v) is 9.75. The lowest BCUT2D eigenvalue weighted by atomic mass is 9.76. The molecule has 3 aliphatic rings. The van der Waals surface area contributed by atoms with Crippen molar-refractivity contribution in [2.45, 2.75) is 51.0 Å². The summed E-state index contributed by atoms with van der Waals surface area (Å²) in [5.41, 5.74) is 1.01. The zero-order chi connectivity index (χ0) is 17.3. The van der Waals surface area contributed by atoms with E-state index in [0.29, 0.717) is 17.1 Å². The van der Waals surface area contributed by atoms with Gasteiger partial charge < -0.3 is 14.5 Å². The van der Waals surface area contributed by atoms with Gasteiger partial charge in [0.15, 0.2) is 0 Å². The lowest BCUT2D eigenvalue weighted by molar-refractivity contribution is 0.00216. The van der Waals surface area contributed by atoms with E-state index in [1.54, 1.807) is 6.20 Å². The van der Waals surface area contributed by atoms with Gasteiger partial charge in [-0.1, -0.05) is 6.42 Å². The highest BCUT2D eigenvalue weighted by Crippen LogP contribution is 2.46. The molecule has 1 saturated carbocycles. The molecule has 4 rings (SSSR count). The van der Waals surface area contributed by atoms with E-state index >= 15 is 0 Å². The fourth-order valence-electron chi connectivity index (χ4n) is 5.10. The molecule has 1 aliphatic carbocycles. The molecule has 1 aromatic heterocycles. The van der Waals surface area contributed by atoms with Crippen LogP contribution < -0.4 is 4.90 Å². The summed E-state index contributed by atoms with van der Waals surface area (Å²) in [7, 11) is 1.85. The van der Waals surface area contributed by atoms with Crippen LogP contribution in [0.4, 0.5) is 5.82 Å². The topological polar surface area (TPSA) is 45.7 Å². The van der Waals surface area contributed by atoms with Gasteiger partial charge in [-0.05, 0) is 50.7 Å². The summed E-state index contributed by atoms with van der Waals surface area (Å²) in [6.07, 6.45) is 10.5. The predicted octanol–water partition coefficient (Wildman–Crippen LogP) is 3.10. The summed E-state index contributed by atoms with van der Waals surface area (Å²) in [6.45, 7) is 3.84. The molecule has 25 heavy (non-hydrogen) atoms. The maximum absolute atomic E-state index is 12.5. The van der Waals surface area contributed by atoms with Crippen molar-refractivity contribution in [1.29, 1.82) is 0 Å². The van der Waals surface area contributed by atoms with E-state index < -0.39 is 0 Å². The largest absolute Gasteiger partial charge is 0.381 e. The molecule has 2 saturated heterocycles. The Labute approximate surface area is 150 Å². The summed E-state index contributed by atoms with van der Waals surface area (Å²) in [5, 5.41) is 0. The molecule has 0 radical (unpaired) electrons. The summed E-state index contributed by atoms with van der Waals surface area (Å²) in [4.78, 5) is 21.4. The number of methoxy groups -OCH3 is 1. The highest BCUT2D eigenvalue weighted by atomic mass is 16.5. The van der Waals surface area contributed by atoms with Crippen LogP contribution in [0, 0.1) is 5.41 Å². The molecule has 5 nitrogen and oxygen atoms in total. The number of aromatic nitrogens is 1. The minimum absolute atomic E-state index is 0.127. The second kappa shape index (κ2) is 6.94. The lowest BCUT2D eigenvalue weighted by Crippen LogP contribution is -2.48. The molecule has 0 bridgehead atoms. The SMILES string of the molecule is CO[C@@H]1CCC[C@@]12CCCN(c1ccc(C(=O)N3CCCC3)cn1)C2. The van der Waals surface area contributed by atoms with Crippen LogP contribution in [0.5, 0.6) is 0 Å². The standard InChI is InChI=1S/C20H29N3O2/c1-25-17-6-4-9-20(17)10-5-13-23(15-20)18-8-7-16(14-21-18)19(24)22-11-2-3-12-22/h7-8,14,17H,2-6,9-13,15H2,1H3/t17-,20+/m1/s1. The third-order valence-corrected chi connectivity index (χ3v) is 6.43. The van der Waals surface area contributed by atoms with Gasteiger partial charge in [0, 0.05) is 44.9 Å². The highest BCUT2D eigenvalue weighted by molar-refractivity contribution is 5.94. The number of carbonyl (C=O) groups is 1. The Bertz CT molecular complexity index is 612. The molecule has 3 fully saturated rings. The molecule has 1 spiro atoms. The number of amides is 1. The van der Waals surface area contributed by atoms with Crippen LogP contribution in [0.3, 0.4) is 0 Å². The van der Waals surface area contributed by atoms with E-state index in [2.05, 4.69) is 9.88 Å². The number of piperidine rings is 1. The predicted molar refractivity (Wildman–Crippen MR) is 97.9 cm³/mol. The summed E-state index contributed by atoms with van der Waals surface area (Å²) in [6, 6.07) is 3.98. The van der Waals surface area contributed by atoms with Crippen molar-refractivity contribution in [3.8, 4) is 0 Å². The Morgan fingerprint density at radius 1 is 1.16 bits per heavy atom. The van der Waals surface area contributed by atoms with Crippen LogP contribution in [-0.4, -0.2) is 55.2 Å². The number of anilines is 1. The first kappa shape index (κ1) is 16.8. The second-order valence-corrected chi connectivity index (χ2v) is 7.91. The average molecular weight is 343 g/mol. The van der Waals surface area contributed by atoms with Gasteiger partial charge in [0.1, 0.15) is 5.82 Å². The minimum atomic E-state index is 0.127. The zero-order valence-corrected chi connectivity index (χ0v) is 15.2. The van der Waals surface area contributed by atoms with Crippen molar-refractivity contribution < 1.29 is 9.53 Å². The van der Waals surface area contributed by atoms with E-state index in [1.807, 2.05) is 24.1 Å². The van der Waals surface area contributed by atoms with Gasteiger partial charge in [0.05, 0.1) is 11.7 Å². The van der Waals surface area contributed by atoms with Crippen LogP contribution in [0.25, 0.3) is 0 Å². The van der Waals surface area contributed by atoms with Crippen LogP contribution in [0.2, 0.25) is 0 Å². The number of hydrogen-bond donors (Lipinski definition) is 0. The third-order valence-electron chi connectivity index (χ3n) is 6.43. The van der Waals surface area contributed by atoms with Crippen molar-refractivity contribution in [3.63, 3.8) is 0 Å². The molecular weight excluding hydrogens is 314 g/mol. The van der Waals surface area contributed by atoms with Crippen molar-refractivity contribution in [2.75, 3.05) is 38.2 Å². The molecule has 1 amide bonds. The fourth-order valence-corrected chi connectivity index (χ4v) is 5.10. The Hall–Kier alpha value is -1.62. The average Bonchev–Trinajstić information content (AvgIpc) is 3.31. The maximum atomic E-state index is 12.5. The molecule has 0 N–H and O–H groups in total. The molecule has 0 aromatic carbocycles. The Morgan fingerprint density at radius 3 is 2.68 bits per heavy atom. The zero-order valence-electron chi connectivity index (χ0n) is 15.2. The number of hydrogen-bond acceptors (Lipinski definition) is 4. The van der Waals surface area contributed by atoms with E-state index in [4.69, 9.17) is 4.74 Å². The number of ether oxygens (including phenoxy) is 1. The lowest BCUT2D eigenvalue weighted by Gasteiger charge is -2.44. The van der Waals surface area contributed by atoms with Crippen LogP contribution >= 0.6 is 0 Å². The molecular formula is C20H29N3O2. The highest BCUT2D eigenvalue weighted by Gasteiger charge is 2.46. The molecule has 1 aromatic rings. The molecule has 5 heteroatoms. The van der Waals surface area contributed by atoms with Gasteiger partial charge in [0.25, 0.3) is 5.91 Å². The maximum Gasteiger partial charge on any atom is 0.255 e. The number of nitrogens with zero attached hydrogens (tertiary/aromatic N) is 3. The van der Waals surface area contributed by atoms with E-state index in [0.717, 1.165) is 44.8 Å². The van der Waals surface area contributed by atoms with Gasteiger partial charge in [0.2, 0.25) is 0 Å². The molecule has 3 heterocycles. The molecule has 0 unspecified atom stereocenters. The van der Waals surface area contributed by atoms with Gasteiger partial charge >= 0.3 is 0 Å². The fraction of sp³-hybridized carbons (Fsp3) is 0.700. The Kier molecular flexibility index (Phi) is 4.67. The van der Waals surface area contributed by atoms with Crippen LogP contribution in [0.15, 0.2) is 18.3 Å². The molecule has 136 valence electrons. The Balaban J connectivity index is 1.47. The quantitative estimate of drug-likeness (QED) is 0.846. The second-order valence-electron chi connectivity index (χ2n) is 7.91. The van der Waals surface area contributed by atoms with E-state index in [9.17, 15) is 4.79 Å². The number of carbonyl (C=O) groups excluding carboxylic acids is 1. The first-order chi connectivity index (χ1) is 12.2. The number of rotatable bonds is 3. The number of pyridine rings is 1. The van der Waals surface area contributed by atoms with Crippen LogP contribution in [-0.2, 0) is 4.74 Å². The number of likely N-dealkylation sites (tertiary alicyclic amines) is 1. The molecule has 2 atom stereocenters. The third kappa shape index (κ3) is 3.14. The first-order valence-electron chi connectivity index (χ1n) is 9.75. The van der Waals surface area contributed by atoms with Crippen molar-refractivity contribution in [1.82, 2.24) is 9.88 Å². The van der Waals surface area contributed by atoms with E-state index in [1.165, 1.54) is 32.1 Å². The van der Waals surface area contributed by atoms with Gasteiger partial charge in [-0.2, -0.15) is 0 Å². The monoisotopic (exact) mass is 343 g/mol. The van der Waals surface area contributed by atoms with Crippen molar-refractivity contribution in [2.24, 2.45) is 5.41 Å². The van der Waals surface area contributed by atoms with Crippen LogP contribution in [0.1, 0.15) is 55.3 Å². The summed E-state index contributed by atoms with van der Waals surface area (Å²) in [5.74, 6) is 1.13. The minimum Gasteiger partial charge on any atom is -0.381 e. The summed E-state index contributed by atoms with van der Waals surface area (Å²) < 4.78 is 5.80. The molecule has 2 aliphatic heterocycles. The normalized spacial score (nSPS) is 29.6. The van der Waals surface area contributed by atoms with E-state index in [-0.39, 0.29) is 5.91 Å². The van der Waals surface area contributed by atoms with Crippen molar-refractivity contribution >= 4 is 11.7 Å². The van der Waals surface area contributed by atoms with Gasteiger partial charge in [-0.3, -0.25) is 4.79 Å². The summed E-state index contributed by atoms with van der Waals surface area (Å²) >= 11 is 0. The smallest absolute Gasteiger partial charge is 0.255 e. The van der Waals surface area contributed by atoms with Gasteiger partial charge in [-0.15, -0.1) is 0 Å². The Morgan fingerprint density at radius 2 is 1.96 bits per heavy atom.